The third-order valence-corrected chi connectivity index (χ3v) is 3.75. The zero-order valence-electron chi connectivity index (χ0n) is 10.7. The lowest BCUT2D eigenvalue weighted by molar-refractivity contribution is 0.958. The van der Waals surface area contributed by atoms with Crippen molar-refractivity contribution in [3.05, 3.63) is 42.2 Å². The van der Waals surface area contributed by atoms with Crippen molar-refractivity contribution in [3.8, 4) is 11.4 Å². The topological polar surface area (TPSA) is 42.7 Å². The Hall–Kier alpha value is -2.36. The Morgan fingerprint density at radius 3 is 2.89 bits per heavy atom. The second-order valence-corrected chi connectivity index (χ2v) is 4.91. The first-order valence-corrected chi connectivity index (χ1v) is 6.46. The van der Waals surface area contributed by atoms with Gasteiger partial charge in [0.05, 0.1) is 11.0 Å². The molecule has 0 unspecified atom stereocenters. The summed E-state index contributed by atoms with van der Waals surface area (Å²) in [5.41, 5.74) is 5.95. The van der Waals surface area contributed by atoms with Gasteiger partial charge in [-0.2, -0.15) is 0 Å². The van der Waals surface area contributed by atoms with Gasteiger partial charge >= 0.3 is 0 Å². The third kappa shape index (κ3) is 1.53. The van der Waals surface area contributed by atoms with Crippen molar-refractivity contribution in [3.63, 3.8) is 0 Å². The highest BCUT2D eigenvalue weighted by atomic mass is 15.1. The minimum atomic E-state index is 0.987. The maximum absolute atomic E-state index is 4.77. The Kier molecular flexibility index (Phi) is 2.12. The molecule has 19 heavy (non-hydrogen) atoms. The standard InChI is InChI=1S/C15H14N4/c1-19-14-9-12-11(4-7-17-12)8-13(14)18-15(19)10-2-5-16-6-3-10/h2-3,5-6,8-9,17H,4,7H2,1H3. The van der Waals surface area contributed by atoms with Crippen molar-refractivity contribution in [2.75, 3.05) is 11.9 Å². The number of anilines is 1. The van der Waals surface area contributed by atoms with Crippen LogP contribution in [0.15, 0.2) is 36.7 Å². The highest BCUT2D eigenvalue weighted by molar-refractivity contribution is 5.86. The van der Waals surface area contributed by atoms with Gasteiger partial charge < -0.3 is 9.88 Å². The molecule has 0 atom stereocenters. The molecule has 94 valence electrons. The van der Waals surface area contributed by atoms with Crippen molar-refractivity contribution >= 4 is 16.7 Å². The largest absolute Gasteiger partial charge is 0.384 e. The fourth-order valence-corrected chi connectivity index (χ4v) is 2.74. The molecule has 2 aromatic heterocycles. The van der Waals surface area contributed by atoms with Crippen LogP contribution in [-0.2, 0) is 13.5 Å². The van der Waals surface area contributed by atoms with Gasteiger partial charge in [0.25, 0.3) is 0 Å². The first kappa shape index (κ1) is 10.6. The van der Waals surface area contributed by atoms with Crippen molar-refractivity contribution in [1.29, 1.82) is 0 Å². The van der Waals surface area contributed by atoms with Crippen LogP contribution >= 0.6 is 0 Å². The minimum absolute atomic E-state index is 0.987. The number of benzene rings is 1. The number of hydrogen-bond donors (Lipinski definition) is 1. The van der Waals surface area contributed by atoms with Crippen LogP contribution in [0.25, 0.3) is 22.4 Å². The van der Waals surface area contributed by atoms with Gasteiger partial charge in [-0.15, -0.1) is 0 Å². The van der Waals surface area contributed by atoms with E-state index in [2.05, 4.69) is 34.0 Å². The molecule has 0 radical (unpaired) electrons. The predicted octanol–water partition coefficient (Wildman–Crippen LogP) is 2.60. The third-order valence-electron chi connectivity index (χ3n) is 3.75. The number of imidazole rings is 1. The number of aromatic nitrogens is 3. The lowest BCUT2D eigenvalue weighted by Crippen LogP contribution is -1.93. The maximum Gasteiger partial charge on any atom is 0.140 e. The summed E-state index contributed by atoms with van der Waals surface area (Å²) in [5.74, 6) is 0.987. The minimum Gasteiger partial charge on any atom is -0.384 e. The van der Waals surface area contributed by atoms with Crippen molar-refractivity contribution < 1.29 is 0 Å². The Bertz CT molecular complexity index is 759. The van der Waals surface area contributed by atoms with E-state index in [4.69, 9.17) is 4.98 Å². The summed E-state index contributed by atoms with van der Waals surface area (Å²) in [4.78, 5) is 8.83. The molecule has 4 nitrogen and oxygen atoms in total. The van der Waals surface area contributed by atoms with Gasteiger partial charge in [0.15, 0.2) is 0 Å². The first-order valence-electron chi connectivity index (χ1n) is 6.46. The van der Waals surface area contributed by atoms with Gasteiger partial charge in [0.1, 0.15) is 5.82 Å². The molecule has 1 aliphatic rings. The second-order valence-electron chi connectivity index (χ2n) is 4.91. The number of aryl methyl sites for hydroxylation is 1. The van der Waals surface area contributed by atoms with Crippen LogP contribution in [0, 0.1) is 0 Å². The van der Waals surface area contributed by atoms with E-state index in [1.165, 1.54) is 16.8 Å². The molecule has 0 saturated carbocycles. The summed E-state index contributed by atoms with van der Waals surface area (Å²) in [5, 5.41) is 3.42. The van der Waals surface area contributed by atoms with E-state index in [0.717, 1.165) is 29.9 Å². The monoisotopic (exact) mass is 250 g/mol. The van der Waals surface area contributed by atoms with Gasteiger partial charge in [-0.25, -0.2) is 4.98 Å². The van der Waals surface area contributed by atoms with Crippen molar-refractivity contribution in [1.82, 2.24) is 14.5 Å². The zero-order valence-corrected chi connectivity index (χ0v) is 10.7. The number of fused-ring (bicyclic) bond motifs is 2. The van der Waals surface area contributed by atoms with Crippen LogP contribution < -0.4 is 5.32 Å². The lowest BCUT2D eigenvalue weighted by atomic mass is 10.1. The number of rotatable bonds is 1. The average Bonchev–Trinajstić information content (AvgIpc) is 3.02. The molecule has 4 rings (SSSR count). The maximum atomic E-state index is 4.77. The molecule has 3 aromatic rings. The molecule has 0 amide bonds. The Morgan fingerprint density at radius 1 is 1.21 bits per heavy atom. The predicted molar refractivity (Wildman–Crippen MR) is 76.1 cm³/mol. The number of hydrogen-bond acceptors (Lipinski definition) is 3. The van der Waals surface area contributed by atoms with Crippen LogP contribution in [0.1, 0.15) is 5.56 Å². The smallest absolute Gasteiger partial charge is 0.140 e. The molecule has 0 aliphatic carbocycles. The molecular weight excluding hydrogens is 236 g/mol. The van der Waals surface area contributed by atoms with Crippen LogP contribution in [0.2, 0.25) is 0 Å². The lowest BCUT2D eigenvalue weighted by Gasteiger charge is -2.03. The molecule has 4 heteroatoms. The fourth-order valence-electron chi connectivity index (χ4n) is 2.74. The quantitative estimate of drug-likeness (QED) is 0.722. The zero-order chi connectivity index (χ0) is 12.8. The SMILES string of the molecule is Cn1c(-c2ccncc2)nc2cc3c(cc21)NCC3. The average molecular weight is 250 g/mol. The van der Waals surface area contributed by atoms with Crippen LogP contribution in [-0.4, -0.2) is 21.1 Å². The van der Waals surface area contributed by atoms with E-state index in [-0.39, 0.29) is 0 Å². The molecule has 3 heterocycles. The van der Waals surface area contributed by atoms with Crippen molar-refractivity contribution in [2.24, 2.45) is 7.05 Å². The molecule has 0 bridgehead atoms. The van der Waals surface area contributed by atoms with Gasteiger partial charge in [0, 0.05) is 37.2 Å². The molecule has 1 aliphatic heterocycles. The number of nitrogens with one attached hydrogen (secondary N) is 1. The summed E-state index contributed by atoms with van der Waals surface area (Å²) in [7, 11) is 2.06. The first-order chi connectivity index (χ1) is 9.33. The Morgan fingerprint density at radius 2 is 2.05 bits per heavy atom. The second kappa shape index (κ2) is 3.82. The highest BCUT2D eigenvalue weighted by Gasteiger charge is 2.15. The summed E-state index contributed by atoms with van der Waals surface area (Å²) in [6.07, 6.45) is 4.69. The number of nitrogens with zero attached hydrogens (tertiary/aromatic N) is 3. The molecule has 1 N–H and O–H groups in total. The van der Waals surface area contributed by atoms with E-state index in [1.54, 1.807) is 12.4 Å². The van der Waals surface area contributed by atoms with Crippen LogP contribution in [0.3, 0.4) is 0 Å². The summed E-state index contributed by atoms with van der Waals surface area (Å²) in [6.45, 7) is 1.03. The van der Waals surface area contributed by atoms with Gasteiger partial charge in [-0.1, -0.05) is 0 Å². The number of pyridine rings is 1. The molecular formula is C15H14N4. The molecule has 1 aromatic carbocycles. The van der Waals surface area contributed by atoms with Gasteiger partial charge in [-0.05, 0) is 36.2 Å². The highest BCUT2D eigenvalue weighted by Crippen LogP contribution is 2.30. The normalized spacial score (nSPS) is 13.5. The van der Waals surface area contributed by atoms with Crippen LogP contribution in [0.5, 0.6) is 0 Å². The molecule has 0 saturated heterocycles. The summed E-state index contributed by atoms with van der Waals surface area (Å²) in [6, 6.07) is 8.39. The van der Waals surface area contributed by atoms with Crippen LogP contribution in [0.4, 0.5) is 5.69 Å². The Labute approximate surface area is 111 Å². The molecule has 0 spiro atoms. The van der Waals surface area contributed by atoms with E-state index in [0.29, 0.717) is 0 Å². The van der Waals surface area contributed by atoms with E-state index in [9.17, 15) is 0 Å². The molecule has 0 fully saturated rings. The van der Waals surface area contributed by atoms with Crippen molar-refractivity contribution in [2.45, 2.75) is 6.42 Å². The fraction of sp³-hybridized carbons (Fsp3) is 0.200. The van der Waals surface area contributed by atoms with E-state index >= 15 is 0 Å². The van der Waals surface area contributed by atoms with Gasteiger partial charge in [0.2, 0.25) is 0 Å². The summed E-state index contributed by atoms with van der Waals surface area (Å²) >= 11 is 0. The van der Waals surface area contributed by atoms with E-state index < -0.39 is 0 Å². The van der Waals surface area contributed by atoms with E-state index in [1.807, 2.05) is 12.1 Å². The Balaban J connectivity index is 1.97. The van der Waals surface area contributed by atoms with Gasteiger partial charge in [-0.3, -0.25) is 4.98 Å². The summed E-state index contributed by atoms with van der Waals surface area (Å²) < 4.78 is 2.14.